The molecule has 2 aromatic rings. The van der Waals surface area contributed by atoms with E-state index in [1.807, 2.05) is 28.8 Å². The van der Waals surface area contributed by atoms with Crippen molar-refractivity contribution in [2.75, 3.05) is 6.54 Å². The van der Waals surface area contributed by atoms with Gasteiger partial charge in [-0.3, -0.25) is 0 Å². The van der Waals surface area contributed by atoms with E-state index in [0.29, 0.717) is 6.04 Å². The van der Waals surface area contributed by atoms with Gasteiger partial charge in [-0.05, 0) is 45.0 Å². The molecule has 18 heavy (non-hydrogen) atoms. The highest BCUT2D eigenvalue weighted by atomic mass is 15.0. The van der Waals surface area contributed by atoms with Gasteiger partial charge >= 0.3 is 0 Å². The summed E-state index contributed by atoms with van der Waals surface area (Å²) < 4.78 is 2.04. The Bertz CT molecular complexity index is 506. The molecule has 96 valence electrons. The van der Waals surface area contributed by atoms with Crippen LogP contribution in [0.1, 0.15) is 32.9 Å². The molecule has 1 atom stereocenters. The molecule has 2 aromatic heterocycles. The maximum Gasteiger partial charge on any atom is 0.137 e. The number of rotatable bonds is 5. The van der Waals surface area contributed by atoms with Gasteiger partial charge in [0.2, 0.25) is 0 Å². The van der Waals surface area contributed by atoms with Gasteiger partial charge in [-0.25, -0.2) is 4.98 Å². The minimum absolute atomic E-state index is 0.398. The molecule has 2 heterocycles. The number of nitrogens with one attached hydrogen (secondary N) is 1. The van der Waals surface area contributed by atoms with Crippen LogP contribution in [0.25, 0.3) is 11.7 Å². The van der Waals surface area contributed by atoms with Gasteiger partial charge < -0.3 is 9.72 Å². The van der Waals surface area contributed by atoms with Crippen LogP contribution < -0.4 is 5.32 Å². The lowest BCUT2D eigenvalue weighted by Crippen LogP contribution is -2.27. The molecule has 2 rings (SSSR count). The number of fused-ring (bicyclic) bond motifs is 1. The molecule has 0 amide bonds. The first kappa shape index (κ1) is 12.8. The largest absolute Gasteiger partial charge is 0.311 e. The van der Waals surface area contributed by atoms with E-state index < -0.39 is 0 Å². The number of pyridine rings is 1. The standard InChI is InChI=1S/C15H21N3/c1-4-8-16-13(3)12(2)10-14-11-18-9-6-5-7-15(18)17-14/h5-7,9-11,13,16H,4,8H2,1-3H3/b12-10+. The van der Waals surface area contributed by atoms with E-state index in [4.69, 9.17) is 0 Å². The first-order valence-corrected chi connectivity index (χ1v) is 6.56. The van der Waals surface area contributed by atoms with Crippen LogP contribution in [0.2, 0.25) is 0 Å². The number of aromatic nitrogens is 2. The second kappa shape index (κ2) is 5.83. The zero-order valence-electron chi connectivity index (χ0n) is 11.4. The summed E-state index contributed by atoms with van der Waals surface area (Å²) in [5.74, 6) is 0. The van der Waals surface area contributed by atoms with Gasteiger partial charge in [0, 0.05) is 18.4 Å². The van der Waals surface area contributed by atoms with Gasteiger partial charge in [-0.1, -0.05) is 18.6 Å². The minimum atomic E-state index is 0.398. The molecule has 0 spiro atoms. The lowest BCUT2D eigenvalue weighted by molar-refractivity contribution is 0.604. The summed E-state index contributed by atoms with van der Waals surface area (Å²) in [7, 11) is 0. The number of nitrogens with zero attached hydrogens (tertiary/aromatic N) is 2. The summed E-state index contributed by atoms with van der Waals surface area (Å²) in [6.45, 7) is 7.58. The van der Waals surface area contributed by atoms with Crippen molar-refractivity contribution in [2.24, 2.45) is 0 Å². The molecule has 0 saturated heterocycles. The van der Waals surface area contributed by atoms with E-state index in [9.17, 15) is 0 Å². The minimum Gasteiger partial charge on any atom is -0.311 e. The lowest BCUT2D eigenvalue weighted by Gasteiger charge is -2.13. The molecule has 0 aliphatic rings. The van der Waals surface area contributed by atoms with Crippen molar-refractivity contribution in [3.8, 4) is 0 Å². The van der Waals surface area contributed by atoms with Crippen LogP contribution >= 0.6 is 0 Å². The molecule has 3 nitrogen and oxygen atoms in total. The number of hydrogen-bond acceptors (Lipinski definition) is 2. The fourth-order valence-electron chi connectivity index (χ4n) is 1.90. The van der Waals surface area contributed by atoms with Gasteiger partial charge in [0.15, 0.2) is 0 Å². The average Bonchev–Trinajstić information content (AvgIpc) is 2.77. The molecule has 0 saturated carbocycles. The van der Waals surface area contributed by atoms with Crippen molar-refractivity contribution in [3.05, 3.63) is 41.9 Å². The molecule has 0 aromatic carbocycles. The van der Waals surface area contributed by atoms with Gasteiger partial charge in [0.25, 0.3) is 0 Å². The third-order valence-electron chi connectivity index (χ3n) is 3.14. The van der Waals surface area contributed by atoms with Crippen LogP contribution in [0, 0.1) is 0 Å². The Kier molecular flexibility index (Phi) is 4.15. The zero-order chi connectivity index (χ0) is 13.0. The Labute approximate surface area is 109 Å². The highest BCUT2D eigenvalue weighted by Crippen LogP contribution is 2.10. The molecule has 0 aliphatic heterocycles. The quantitative estimate of drug-likeness (QED) is 0.874. The second-order valence-corrected chi connectivity index (χ2v) is 4.70. The first-order valence-electron chi connectivity index (χ1n) is 6.56. The van der Waals surface area contributed by atoms with Crippen LogP contribution in [0.3, 0.4) is 0 Å². The normalized spacial score (nSPS) is 14.1. The lowest BCUT2D eigenvalue weighted by atomic mass is 10.1. The van der Waals surface area contributed by atoms with Gasteiger partial charge in [0.05, 0.1) is 5.69 Å². The van der Waals surface area contributed by atoms with Gasteiger partial charge in [-0.15, -0.1) is 0 Å². The molecule has 1 N–H and O–H groups in total. The topological polar surface area (TPSA) is 29.3 Å². The Morgan fingerprint density at radius 1 is 1.50 bits per heavy atom. The van der Waals surface area contributed by atoms with Crippen LogP contribution in [0.4, 0.5) is 0 Å². The summed E-state index contributed by atoms with van der Waals surface area (Å²) in [4.78, 5) is 4.57. The smallest absolute Gasteiger partial charge is 0.137 e. The Balaban J connectivity index is 2.15. The summed E-state index contributed by atoms with van der Waals surface area (Å²) in [5, 5.41) is 3.48. The van der Waals surface area contributed by atoms with Crippen LogP contribution in [0.15, 0.2) is 36.2 Å². The van der Waals surface area contributed by atoms with Crippen LogP contribution in [0.5, 0.6) is 0 Å². The van der Waals surface area contributed by atoms with E-state index >= 15 is 0 Å². The van der Waals surface area contributed by atoms with Crippen molar-refractivity contribution < 1.29 is 0 Å². The van der Waals surface area contributed by atoms with E-state index in [0.717, 1.165) is 24.3 Å². The molecule has 0 radical (unpaired) electrons. The maximum atomic E-state index is 4.57. The molecule has 0 bridgehead atoms. The second-order valence-electron chi connectivity index (χ2n) is 4.70. The van der Waals surface area contributed by atoms with Crippen molar-refractivity contribution in [1.82, 2.24) is 14.7 Å². The number of hydrogen-bond donors (Lipinski definition) is 1. The first-order chi connectivity index (χ1) is 8.70. The number of imidazole rings is 1. The molecule has 1 unspecified atom stereocenters. The van der Waals surface area contributed by atoms with Gasteiger partial charge in [0.1, 0.15) is 5.65 Å². The monoisotopic (exact) mass is 243 g/mol. The summed E-state index contributed by atoms with van der Waals surface area (Å²) >= 11 is 0. The van der Waals surface area contributed by atoms with E-state index in [1.54, 1.807) is 0 Å². The SMILES string of the molecule is CCCNC(C)/C(C)=C/c1cn2ccccc2n1. The molecule has 3 heteroatoms. The van der Waals surface area contributed by atoms with Crippen molar-refractivity contribution >= 4 is 11.7 Å². The predicted molar refractivity (Wildman–Crippen MR) is 76.6 cm³/mol. The maximum absolute atomic E-state index is 4.57. The van der Waals surface area contributed by atoms with E-state index in [2.05, 4.69) is 43.3 Å². The molecule has 0 fully saturated rings. The Hall–Kier alpha value is -1.61. The molecular formula is C15H21N3. The van der Waals surface area contributed by atoms with Gasteiger partial charge in [-0.2, -0.15) is 0 Å². The van der Waals surface area contributed by atoms with Crippen molar-refractivity contribution in [2.45, 2.75) is 33.2 Å². The Morgan fingerprint density at radius 2 is 2.33 bits per heavy atom. The van der Waals surface area contributed by atoms with E-state index in [1.165, 1.54) is 5.57 Å². The van der Waals surface area contributed by atoms with Crippen molar-refractivity contribution in [3.63, 3.8) is 0 Å². The van der Waals surface area contributed by atoms with Crippen LogP contribution in [-0.2, 0) is 0 Å². The Morgan fingerprint density at radius 3 is 3.06 bits per heavy atom. The summed E-state index contributed by atoms with van der Waals surface area (Å²) in [5.41, 5.74) is 3.32. The molecular weight excluding hydrogens is 222 g/mol. The van der Waals surface area contributed by atoms with Crippen molar-refractivity contribution in [1.29, 1.82) is 0 Å². The average molecular weight is 243 g/mol. The van der Waals surface area contributed by atoms with Crippen LogP contribution in [-0.4, -0.2) is 22.0 Å². The fourth-order valence-corrected chi connectivity index (χ4v) is 1.90. The highest BCUT2D eigenvalue weighted by Gasteiger charge is 2.04. The highest BCUT2D eigenvalue weighted by molar-refractivity contribution is 5.54. The third-order valence-corrected chi connectivity index (χ3v) is 3.14. The summed E-state index contributed by atoms with van der Waals surface area (Å²) in [6.07, 6.45) is 7.39. The summed E-state index contributed by atoms with van der Waals surface area (Å²) in [6, 6.07) is 6.44. The molecule has 0 aliphatic carbocycles. The fraction of sp³-hybridized carbons (Fsp3) is 0.400. The third kappa shape index (κ3) is 2.99. The van der Waals surface area contributed by atoms with E-state index in [-0.39, 0.29) is 0 Å². The predicted octanol–water partition coefficient (Wildman–Crippen LogP) is 3.13. The zero-order valence-corrected chi connectivity index (χ0v) is 11.4.